The molecular formula is C11H15NO2S. The van der Waals surface area contributed by atoms with Crippen molar-refractivity contribution in [3.05, 3.63) is 29.3 Å². The lowest BCUT2D eigenvalue weighted by molar-refractivity contribution is 0.0530. The van der Waals surface area contributed by atoms with Crippen LogP contribution in [0.15, 0.2) is 18.2 Å². The number of thioether (sulfide) groups is 1. The zero-order chi connectivity index (χ0) is 11.3. The van der Waals surface area contributed by atoms with Crippen molar-refractivity contribution in [3.63, 3.8) is 0 Å². The van der Waals surface area contributed by atoms with Gasteiger partial charge in [0, 0.05) is 11.4 Å². The Morgan fingerprint density at radius 2 is 2.27 bits per heavy atom. The number of carbonyl (C=O) groups excluding carboxylic acids is 1. The molecule has 0 bridgehead atoms. The van der Waals surface area contributed by atoms with Crippen molar-refractivity contribution < 1.29 is 9.53 Å². The van der Waals surface area contributed by atoms with Crippen molar-refractivity contribution >= 4 is 23.4 Å². The highest BCUT2D eigenvalue weighted by Crippen LogP contribution is 2.13. The summed E-state index contributed by atoms with van der Waals surface area (Å²) < 4.78 is 5.06. The fourth-order valence-electron chi connectivity index (χ4n) is 1.10. The van der Waals surface area contributed by atoms with Crippen LogP contribution in [0.5, 0.6) is 0 Å². The Balaban J connectivity index is 2.62. The molecule has 0 aliphatic carbocycles. The molecule has 0 spiro atoms. The third kappa shape index (κ3) is 3.47. The molecule has 0 aliphatic heterocycles. The lowest BCUT2D eigenvalue weighted by Gasteiger charge is -2.05. The monoisotopic (exact) mass is 225 g/mol. The number of carbonyl (C=O) groups is 1. The summed E-state index contributed by atoms with van der Waals surface area (Å²) >= 11 is 1.65. The molecule has 0 fully saturated rings. The molecule has 3 nitrogen and oxygen atoms in total. The van der Waals surface area contributed by atoms with E-state index in [1.807, 2.05) is 13.2 Å². The third-order valence-electron chi connectivity index (χ3n) is 2.03. The van der Waals surface area contributed by atoms with Gasteiger partial charge >= 0.3 is 5.97 Å². The van der Waals surface area contributed by atoms with Crippen LogP contribution >= 0.6 is 11.8 Å². The largest absolute Gasteiger partial charge is 0.461 e. The Bertz CT molecular complexity index is 352. The van der Waals surface area contributed by atoms with Gasteiger partial charge in [0.1, 0.15) is 6.61 Å². The number of esters is 1. The summed E-state index contributed by atoms with van der Waals surface area (Å²) in [4.78, 5) is 11.5. The number of nitrogens with two attached hydrogens (primary N) is 1. The van der Waals surface area contributed by atoms with Gasteiger partial charge in [-0.05, 0) is 36.9 Å². The van der Waals surface area contributed by atoms with Crippen molar-refractivity contribution in [2.45, 2.75) is 6.92 Å². The van der Waals surface area contributed by atoms with Crippen molar-refractivity contribution in [2.24, 2.45) is 0 Å². The maximum atomic E-state index is 11.5. The summed E-state index contributed by atoms with van der Waals surface area (Å²) in [6.45, 7) is 2.32. The summed E-state index contributed by atoms with van der Waals surface area (Å²) in [5.41, 5.74) is 7.80. The zero-order valence-electron chi connectivity index (χ0n) is 8.95. The van der Waals surface area contributed by atoms with Gasteiger partial charge in [0.15, 0.2) is 0 Å². The minimum atomic E-state index is -0.285. The van der Waals surface area contributed by atoms with Crippen molar-refractivity contribution in [2.75, 3.05) is 24.3 Å². The Kier molecular flexibility index (Phi) is 4.49. The lowest BCUT2D eigenvalue weighted by Crippen LogP contribution is -2.08. The van der Waals surface area contributed by atoms with Gasteiger partial charge in [-0.2, -0.15) is 11.8 Å². The molecule has 15 heavy (non-hydrogen) atoms. The Morgan fingerprint density at radius 3 is 2.87 bits per heavy atom. The SMILES string of the molecule is CSCCOC(=O)c1ccc(N)c(C)c1. The molecule has 2 N–H and O–H groups in total. The molecule has 0 saturated heterocycles. The van der Waals surface area contributed by atoms with E-state index < -0.39 is 0 Å². The maximum Gasteiger partial charge on any atom is 0.338 e. The number of ether oxygens (including phenoxy) is 1. The number of aryl methyl sites for hydroxylation is 1. The highest BCUT2D eigenvalue weighted by atomic mass is 32.2. The smallest absolute Gasteiger partial charge is 0.338 e. The maximum absolute atomic E-state index is 11.5. The van der Waals surface area contributed by atoms with E-state index in [1.54, 1.807) is 30.0 Å². The second-order valence-corrected chi connectivity index (χ2v) is 4.19. The van der Waals surface area contributed by atoms with Crippen LogP contribution < -0.4 is 5.73 Å². The van der Waals surface area contributed by atoms with Gasteiger partial charge in [-0.3, -0.25) is 0 Å². The third-order valence-corrected chi connectivity index (χ3v) is 2.60. The number of anilines is 1. The predicted octanol–water partition coefficient (Wildman–Crippen LogP) is 2.10. The normalized spacial score (nSPS) is 10.0. The van der Waals surface area contributed by atoms with Gasteiger partial charge in [0.2, 0.25) is 0 Å². The van der Waals surface area contributed by atoms with Crippen LogP contribution in [0.4, 0.5) is 5.69 Å². The molecule has 0 aromatic heterocycles. The van der Waals surface area contributed by atoms with Gasteiger partial charge in [-0.25, -0.2) is 4.79 Å². The van der Waals surface area contributed by atoms with E-state index >= 15 is 0 Å². The van der Waals surface area contributed by atoms with E-state index in [2.05, 4.69) is 0 Å². The molecule has 4 heteroatoms. The number of nitrogen functional groups attached to an aromatic ring is 1. The van der Waals surface area contributed by atoms with Gasteiger partial charge < -0.3 is 10.5 Å². The fraction of sp³-hybridized carbons (Fsp3) is 0.364. The van der Waals surface area contributed by atoms with E-state index in [0.717, 1.165) is 11.3 Å². The molecule has 0 amide bonds. The van der Waals surface area contributed by atoms with E-state index in [1.165, 1.54) is 0 Å². The summed E-state index contributed by atoms with van der Waals surface area (Å²) in [5.74, 6) is 0.534. The van der Waals surface area contributed by atoms with Gasteiger partial charge in [0.05, 0.1) is 5.56 Å². The molecule has 1 aromatic rings. The minimum absolute atomic E-state index is 0.285. The van der Waals surface area contributed by atoms with Crippen molar-refractivity contribution in [1.29, 1.82) is 0 Å². The molecule has 1 aromatic carbocycles. The second kappa shape index (κ2) is 5.66. The van der Waals surface area contributed by atoms with E-state index in [9.17, 15) is 4.79 Å². The molecular weight excluding hydrogens is 210 g/mol. The van der Waals surface area contributed by atoms with Gasteiger partial charge in [-0.1, -0.05) is 0 Å². The van der Waals surface area contributed by atoms with Crippen molar-refractivity contribution in [1.82, 2.24) is 0 Å². The number of hydrogen-bond donors (Lipinski definition) is 1. The van der Waals surface area contributed by atoms with Crippen LogP contribution in [-0.4, -0.2) is 24.6 Å². The molecule has 0 saturated carbocycles. The molecule has 0 radical (unpaired) electrons. The molecule has 82 valence electrons. The first-order valence-electron chi connectivity index (χ1n) is 4.67. The van der Waals surface area contributed by atoms with Crippen LogP contribution in [0.2, 0.25) is 0 Å². The van der Waals surface area contributed by atoms with Crippen LogP contribution in [0, 0.1) is 6.92 Å². The molecule has 0 aliphatic rings. The predicted molar refractivity (Wildman–Crippen MR) is 64.3 cm³/mol. The number of rotatable bonds is 4. The first-order valence-corrected chi connectivity index (χ1v) is 6.06. The number of benzene rings is 1. The highest BCUT2D eigenvalue weighted by Gasteiger charge is 2.07. The van der Waals surface area contributed by atoms with E-state index in [0.29, 0.717) is 17.9 Å². The van der Waals surface area contributed by atoms with Gasteiger partial charge in [0.25, 0.3) is 0 Å². The number of hydrogen-bond acceptors (Lipinski definition) is 4. The summed E-state index contributed by atoms with van der Waals surface area (Å²) in [5, 5.41) is 0. The molecule has 0 heterocycles. The Labute approximate surface area is 94.0 Å². The quantitative estimate of drug-likeness (QED) is 0.484. The average molecular weight is 225 g/mol. The summed E-state index contributed by atoms with van der Waals surface area (Å²) in [7, 11) is 0. The van der Waals surface area contributed by atoms with Crippen LogP contribution in [0.25, 0.3) is 0 Å². The summed E-state index contributed by atoms with van der Waals surface area (Å²) in [6.07, 6.45) is 1.97. The van der Waals surface area contributed by atoms with Crippen LogP contribution in [0.1, 0.15) is 15.9 Å². The summed E-state index contributed by atoms with van der Waals surface area (Å²) in [6, 6.07) is 5.15. The van der Waals surface area contributed by atoms with Gasteiger partial charge in [-0.15, -0.1) is 0 Å². The molecule has 0 atom stereocenters. The first-order chi connectivity index (χ1) is 7.15. The van der Waals surface area contributed by atoms with Crippen molar-refractivity contribution in [3.8, 4) is 0 Å². The standard InChI is InChI=1S/C11H15NO2S/c1-8-7-9(3-4-10(8)12)11(13)14-5-6-15-2/h3-4,7H,5-6,12H2,1-2H3. The first kappa shape index (κ1) is 11.9. The highest BCUT2D eigenvalue weighted by molar-refractivity contribution is 7.98. The van der Waals surface area contributed by atoms with Crippen LogP contribution in [0.3, 0.4) is 0 Å². The lowest BCUT2D eigenvalue weighted by atomic mass is 10.1. The fourth-order valence-corrected chi connectivity index (χ4v) is 1.35. The van der Waals surface area contributed by atoms with E-state index in [-0.39, 0.29) is 5.97 Å². The van der Waals surface area contributed by atoms with Crippen LogP contribution in [-0.2, 0) is 4.74 Å². The molecule has 1 rings (SSSR count). The Hall–Kier alpha value is -1.16. The second-order valence-electron chi connectivity index (χ2n) is 3.20. The minimum Gasteiger partial charge on any atom is -0.461 e. The average Bonchev–Trinajstić information content (AvgIpc) is 2.22. The molecule has 0 unspecified atom stereocenters. The topological polar surface area (TPSA) is 52.3 Å². The zero-order valence-corrected chi connectivity index (χ0v) is 9.76. The Morgan fingerprint density at radius 1 is 1.53 bits per heavy atom. The van der Waals surface area contributed by atoms with E-state index in [4.69, 9.17) is 10.5 Å².